The first kappa shape index (κ1) is 19.8. The molecule has 0 saturated carbocycles. The van der Waals surface area contributed by atoms with Crippen molar-refractivity contribution >= 4 is 23.1 Å². The molecule has 0 spiro atoms. The Morgan fingerprint density at radius 1 is 0.931 bits per heavy atom. The van der Waals surface area contributed by atoms with E-state index in [2.05, 4.69) is 5.32 Å². The van der Waals surface area contributed by atoms with Crippen LogP contribution in [0.15, 0.2) is 72.8 Å². The SMILES string of the molecule is Cc1c(NC(=O)COc2ccc(C(=O)c3ccccc3)cc2)cccc1[N+](=O)[O-]. The third-order valence-corrected chi connectivity index (χ3v) is 4.30. The quantitative estimate of drug-likeness (QED) is 0.371. The normalized spacial score (nSPS) is 10.2. The predicted octanol–water partition coefficient (Wildman–Crippen LogP) is 4.15. The Morgan fingerprint density at radius 2 is 1.59 bits per heavy atom. The third kappa shape index (κ3) is 4.84. The van der Waals surface area contributed by atoms with E-state index in [0.29, 0.717) is 28.1 Å². The van der Waals surface area contributed by atoms with Crippen LogP contribution in [0.5, 0.6) is 5.75 Å². The summed E-state index contributed by atoms with van der Waals surface area (Å²) >= 11 is 0. The molecule has 0 saturated heterocycles. The number of nitro groups is 1. The van der Waals surface area contributed by atoms with E-state index in [0.717, 1.165) is 0 Å². The van der Waals surface area contributed by atoms with Crippen molar-refractivity contribution < 1.29 is 19.2 Å². The zero-order chi connectivity index (χ0) is 20.8. The first-order valence-corrected chi connectivity index (χ1v) is 8.82. The van der Waals surface area contributed by atoms with Crippen molar-refractivity contribution in [3.05, 3.63) is 99.6 Å². The van der Waals surface area contributed by atoms with Gasteiger partial charge in [-0.25, -0.2) is 0 Å². The molecule has 0 atom stereocenters. The maximum atomic E-state index is 12.4. The number of nitro benzene ring substituents is 1. The number of carbonyl (C=O) groups is 2. The minimum atomic E-state index is -0.500. The number of ketones is 1. The molecule has 29 heavy (non-hydrogen) atoms. The second-order valence-corrected chi connectivity index (χ2v) is 6.26. The molecule has 3 aromatic rings. The maximum Gasteiger partial charge on any atom is 0.274 e. The van der Waals surface area contributed by atoms with E-state index in [4.69, 9.17) is 4.74 Å². The number of nitrogens with one attached hydrogen (secondary N) is 1. The van der Waals surface area contributed by atoms with Gasteiger partial charge in [-0.1, -0.05) is 36.4 Å². The van der Waals surface area contributed by atoms with Crippen LogP contribution >= 0.6 is 0 Å². The molecule has 0 bridgehead atoms. The van der Waals surface area contributed by atoms with Crippen LogP contribution in [0.2, 0.25) is 0 Å². The lowest BCUT2D eigenvalue weighted by Crippen LogP contribution is -2.20. The molecule has 0 aromatic heterocycles. The molecule has 0 heterocycles. The van der Waals surface area contributed by atoms with Gasteiger partial charge in [0, 0.05) is 17.2 Å². The number of carbonyl (C=O) groups excluding carboxylic acids is 2. The summed E-state index contributed by atoms with van der Waals surface area (Å²) in [5, 5.41) is 13.6. The second kappa shape index (κ2) is 8.79. The summed E-state index contributed by atoms with van der Waals surface area (Å²) in [5.74, 6) is -0.116. The lowest BCUT2D eigenvalue weighted by atomic mass is 10.0. The van der Waals surface area contributed by atoms with Gasteiger partial charge in [0.1, 0.15) is 5.75 Å². The van der Waals surface area contributed by atoms with Crippen molar-refractivity contribution in [1.29, 1.82) is 0 Å². The lowest BCUT2D eigenvalue weighted by molar-refractivity contribution is -0.385. The van der Waals surface area contributed by atoms with E-state index in [1.165, 1.54) is 12.1 Å². The van der Waals surface area contributed by atoms with Gasteiger partial charge in [0.25, 0.3) is 11.6 Å². The van der Waals surface area contributed by atoms with Gasteiger partial charge in [0.05, 0.1) is 16.2 Å². The van der Waals surface area contributed by atoms with Gasteiger partial charge in [0.2, 0.25) is 0 Å². The zero-order valence-corrected chi connectivity index (χ0v) is 15.6. The average molecular weight is 390 g/mol. The Balaban J connectivity index is 1.59. The maximum absolute atomic E-state index is 12.4. The number of hydrogen-bond acceptors (Lipinski definition) is 5. The van der Waals surface area contributed by atoms with Gasteiger partial charge < -0.3 is 10.1 Å². The van der Waals surface area contributed by atoms with E-state index in [1.54, 1.807) is 61.5 Å². The molecule has 0 aliphatic rings. The van der Waals surface area contributed by atoms with Gasteiger partial charge in [-0.2, -0.15) is 0 Å². The summed E-state index contributed by atoms with van der Waals surface area (Å²) in [6, 6.07) is 19.9. The molecule has 0 aliphatic heterocycles. The predicted molar refractivity (Wildman–Crippen MR) is 108 cm³/mol. The highest BCUT2D eigenvalue weighted by Crippen LogP contribution is 2.25. The van der Waals surface area contributed by atoms with Crippen LogP contribution in [-0.4, -0.2) is 23.2 Å². The molecule has 3 aromatic carbocycles. The fourth-order valence-electron chi connectivity index (χ4n) is 2.75. The van der Waals surface area contributed by atoms with Crippen molar-refractivity contribution in [3.8, 4) is 5.75 Å². The molecule has 3 rings (SSSR count). The summed E-state index contributed by atoms with van der Waals surface area (Å²) in [4.78, 5) is 35.0. The molecule has 0 aliphatic carbocycles. The monoisotopic (exact) mass is 390 g/mol. The highest BCUT2D eigenvalue weighted by molar-refractivity contribution is 6.09. The van der Waals surface area contributed by atoms with Crippen molar-refractivity contribution in [2.45, 2.75) is 6.92 Å². The minimum Gasteiger partial charge on any atom is -0.484 e. The highest BCUT2D eigenvalue weighted by atomic mass is 16.6. The van der Waals surface area contributed by atoms with Crippen LogP contribution in [0.4, 0.5) is 11.4 Å². The average Bonchev–Trinajstić information content (AvgIpc) is 2.74. The Labute approximate surface area is 167 Å². The summed E-state index contributed by atoms with van der Waals surface area (Å²) in [6.45, 7) is 1.30. The van der Waals surface area contributed by atoms with Crippen LogP contribution in [0.1, 0.15) is 21.5 Å². The molecule has 1 amide bonds. The Kier molecular flexibility index (Phi) is 5.99. The minimum absolute atomic E-state index is 0.0672. The second-order valence-electron chi connectivity index (χ2n) is 6.26. The lowest BCUT2D eigenvalue weighted by Gasteiger charge is -2.10. The van der Waals surface area contributed by atoms with Gasteiger partial charge in [-0.3, -0.25) is 19.7 Å². The first-order valence-electron chi connectivity index (χ1n) is 8.82. The number of benzene rings is 3. The first-order chi connectivity index (χ1) is 14.0. The number of ether oxygens (including phenoxy) is 1. The van der Waals surface area contributed by atoms with Gasteiger partial charge in [-0.15, -0.1) is 0 Å². The Hall–Kier alpha value is -4.00. The molecular weight excluding hydrogens is 372 g/mol. The van der Waals surface area contributed by atoms with E-state index in [1.807, 2.05) is 6.07 Å². The number of rotatable bonds is 7. The Bertz CT molecular complexity index is 1050. The van der Waals surface area contributed by atoms with Gasteiger partial charge in [0.15, 0.2) is 12.4 Å². The van der Waals surface area contributed by atoms with Crippen molar-refractivity contribution in [3.63, 3.8) is 0 Å². The topological polar surface area (TPSA) is 98.5 Å². The number of amides is 1. The number of anilines is 1. The van der Waals surface area contributed by atoms with Gasteiger partial charge >= 0.3 is 0 Å². The van der Waals surface area contributed by atoms with Crippen LogP contribution in [0.3, 0.4) is 0 Å². The fraction of sp³-hybridized carbons (Fsp3) is 0.0909. The van der Waals surface area contributed by atoms with Crippen LogP contribution in [0, 0.1) is 17.0 Å². The fourth-order valence-corrected chi connectivity index (χ4v) is 2.75. The van der Waals surface area contributed by atoms with E-state index >= 15 is 0 Å². The molecule has 1 N–H and O–H groups in total. The Morgan fingerprint density at radius 3 is 2.24 bits per heavy atom. The van der Waals surface area contributed by atoms with Gasteiger partial charge in [-0.05, 0) is 37.3 Å². The summed E-state index contributed by atoms with van der Waals surface area (Å²) < 4.78 is 5.44. The van der Waals surface area contributed by atoms with Crippen LogP contribution in [0.25, 0.3) is 0 Å². The summed E-state index contributed by atoms with van der Waals surface area (Å²) in [6.07, 6.45) is 0. The van der Waals surface area contributed by atoms with E-state index < -0.39 is 10.8 Å². The smallest absolute Gasteiger partial charge is 0.274 e. The largest absolute Gasteiger partial charge is 0.484 e. The highest BCUT2D eigenvalue weighted by Gasteiger charge is 2.15. The van der Waals surface area contributed by atoms with Crippen LogP contribution in [-0.2, 0) is 4.79 Å². The van der Waals surface area contributed by atoms with Crippen molar-refractivity contribution in [1.82, 2.24) is 0 Å². The molecule has 0 fully saturated rings. The van der Waals surface area contributed by atoms with Crippen LogP contribution < -0.4 is 10.1 Å². The molecule has 146 valence electrons. The summed E-state index contributed by atoms with van der Waals surface area (Å²) in [5.41, 5.74) is 1.77. The standard InChI is InChI=1S/C22H18N2O5/c1-15-19(8-5-9-20(15)24(27)28)23-21(25)14-29-18-12-10-17(11-13-18)22(26)16-6-3-2-4-7-16/h2-13H,14H2,1H3,(H,23,25). The zero-order valence-electron chi connectivity index (χ0n) is 15.6. The van der Waals surface area contributed by atoms with Crippen molar-refractivity contribution in [2.24, 2.45) is 0 Å². The third-order valence-electron chi connectivity index (χ3n) is 4.30. The van der Waals surface area contributed by atoms with E-state index in [9.17, 15) is 19.7 Å². The number of hydrogen-bond donors (Lipinski definition) is 1. The molecule has 0 radical (unpaired) electrons. The molecule has 7 heteroatoms. The van der Waals surface area contributed by atoms with Crippen molar-refractivity contribution in [2.75, 3.05) is 11.9 Å². The summed E-state index contributed by atoms with van der Waals surface area (Å²) in [7, 11) is 0. The molecule has 0 unspecified atom stereocenters. The molecule has 7 nitrogen and oxygen atoms in total. The molecular formula is C22H18N2O5. The number of nitrogens with zero attached hydrogens (tertiary/aromatic N) is 1. The van der Waals surface area contributed by atoms with E-state index in [-0.39, 0.29) is 18.1 Å².